The molecule has 0 fully saturated rings. The molecule has 0 aliphatic carbocycles. The lowest BCUT2D eigenvalue weighted by atomic mass is 10.2. The molecule has 0 radical (unpaired) electrons. The third-order valence-corrected chi connectivity index (χ3v) is 3.49. The molecule has 1 heterocycles. The third kappa shape index (κ3) is 2.83. The maximum Gasteiger partial charge on any atom is 0.275 e. The highest BCUT2D eigenvalue weighted by atomic mass is 79.9. The summed E-state index contributed by atoms with van der Waals surface area (Å²) in [6.07, 6.45) is 0. The fourth-order valence-electron chi connectivity index (χ4n) is 1.31. The number of thiazole rings is 1. The van der Waals surface area contributed by atoms with Gasteiger partial charge in [-0.15, -0.1) is 11.3 Å². The standard InChI is InChI=1S/C11H10BrN3OS/c1-6-2-3-7(12)8(4-6)14-10(16)9-5-17-11(13)15-9/h2-5H,1H3,(H2,13,15)(H,14,16). The average molecular weight is 312 g/mol. The van der Waals surface area contributed by atoms with Crippen LogP contribution in [0.15, 0.2) is 28.1 Å². The Bertz CT molecular complexity index is 568. The Kier molecular flexibility index (Phi) is 3.44. The fourth-order valence-corrected chi connectivity index (χ4v) is 2.20. The predicted molar refractivity (Wildman–Crippen MR) is 73.4 cm³/mol. The number of rotatable bonds is 2. The second-order valence-electron chi connectivity index (χ2n) is 3.51. The lowest BCUT2D eigenvalue weighted by Gasteiger charge is -2.06. The number of benzene rings is 1. The molecule has 17 heavy (non-hydrogen) atoms. The van der Waals surface area contributed by atoms with Crippen LogP contribution < -0.4 is 11.1 Å². The number of hydrogen-bond donors (Lipinski definition) is 2. The molecule has 0 saturated carbocycles. The summed E-state index contributed by atoms with van der Waals surface area (Å²) in [6, 6.07) is 5.73. The van der Waals surface area contributed by atoms with Gasteiger partial charge >= 0.3 is 0 Å². The number of aromatic nitrogens is 1. The van der Waals surface area contributed by atoms with Crippen molar-refractivity contribution in [2.24, 2.45) is 0 Å². The number of nitrogens with one attached hydrogen (secondary N) is 1. The first-order chi connectivity index (χ1) is 8.06. The van der Waals surface area contributed by atoms with Crippen molar-refractivity contribution < 1.29 is 4.79 Å². The van der Waals surface area contributed by atoms with Crippen molar-refractivity contribution in [2.45, 2.75) is 6.92 Å². The summed E-state index contributed by atoms with van der Waals surface area (Å²) in [5.74, 6) is -0.260. The van der Waals surface area contributed by atoms with Crippen LogP contribution in [0.3, 0.4) is 0 Å². The van der Waals surface area contributed by atoms with Gasteiger partial charge in [0.15, 0.2) is 5.13 Å². The highest BCUT2D eigenvalue weighted by molar-refractivity contribution is 9.10. The largest absolute Gasteiger partial charge is 0.375 e. The molecular weight excluding hydrogens is 302 g/mol. The molecule has 0 bridgehead atoms. The van der Waals surface area contributed by atoms with Crippen LogP contribution in [0.25, 0.3) is 0 Å². The number of nitrogen functional groups attached to an aromatic ring is 1. The van der Waals surface area contributed by atoms with Gasteiger partial charge in [0.1, 0.15) is 5.69 Å². The van der Waals surface area contributed by atoms with Crippen molar-refractivity contribution in [3.05, 3.63) is 39.3 Å². The molecule has 0 aliphatic heterocycles. The van der Waals surface area contributed by atoms with Crippen LogP contribution >= 0.6 is 27.3 Å². The molecule has 3 N–H and O–H groups in total. The molecule has 0 saturated heterocycles. The van der Waals surface area contributed by atoms with E-state index in [0.717, 1.165) is 15.7 Å². The number of carbonyl (C=O) groups excluding carboxylic acids is 1. The van der Waals surface area contributed by atoms with Gasteiger partial charge in [-0.3, -0.25) is 4.79 Å². The van der Waals surface area contributed by atoms with E-state index in [1.807, 2.05) is 25.1 Å². The van der Waals surface area contributed by atoms with Gasteiger partial charge in [-0.1, -0.05) is 6.07 Å². The summed E-state index contributed by atoms with van der Waals surface area (Å²) in [7, 11) is 0. The SMILES string of the molecule is Cc1ccc(Br)c(NC(=O)c2csc(N)n2)c1. The van der Waals surface area contributed by atoms with Crippen molar-refractivity contribution in [1.82, 2.24) is 4.98 Å². The van der Waals surface area contributed by atoms with E-state index in [4.69, 9.17) is 5.73 Å². The van der Waals surface area contributed by atoms with Crippen LogP contribution in [0.4, 0.5) is 10.8 Å². The number of nitrogens with two attached hydrogens (primary N) is 1. The number of amides is 1. The molecule has 0 unspecified atom stereocenters. The topological polar surface area (TPSA) is 68.0 Å². The summed E-state index contributed by atoms with van der Waals surface area (Å²) in [4.78, 5) is 15.8. The number of hydrogen-bond acceptors (Lipinski definition) is 4. The summed E-state index contributed by atoms with van der Waals surface area (Å²) >= 11 is 4.62. The van der Waals surface area contributed by atoms with Crippen molar-refractivity contribution in [2.75, 3.05) is 11.1 Å². The molecule has 0 aliphatic rings. The van der Waals surface area contributed by atoms with Gasteiger partial charge in [0.25, 0.3) is 5.91 Å². The van der Waals surface area contributed by atoms with Gasteiger partial charge in [0, 0.05) is 9.85 Å². The Morgan fingerprint density at radius 2 is 2.29 bits per heavy atom. The number of aryl methyl sites for hydroxylation is 1. The number of anilines is 2. The van der Waals surface area contributed by atoms with Crippen LogP contribution in [0.2, 0.25) is 0 Å². The van der Waals surface area contributed by atoms with Crippen LogP contribution in [0, 0.1) is 6.92 Å². The molecule has 1 amide bonds. The van der Waals surface area contributed by atoms with Gasteiger partial charge in [0.05, 0.1) is 5.69 Å². The van der Waals surface area contributed by atoms with E-state index in [0.29, 0.717) is 10.8 Å². The molecule has 6 heteroatoms. The molecule has 0 spiro atoms. The van der Waals surface area contributed by atoms with E-state index in [-0.39, 0.29) is 5.91 Å². The minimum absolute atomic E-state index is 0.260. The van der Waals surface area contributed by atoms with Gasteiger partial charge in [-0.2, -0.15) is 0 Å². The lowest BCUT2D eigenvalue weighted by molar-refractivity contribution is 0.102. The minimum Gasteiger partial charge on any atom is -0.375 e. The van der Waals surface area contributed by atoms with Gasteiger partial charge in [-0.05, 0) is 40.5 Å². The number of nitrogens with zero attached hydrogens (tertiary/aromatic N) is 1. The Morgan fingerprint density at radius 1 is 1.53 bits per heavy atom. The van der Waals surface area contributed by atoms with Crippen molar-refractivity contribution in [3.8, 4) is 0 Å². The Labute approximate surface area is 111 Å². The molecule has 4 nitrogen and oxygen atoms in total. The van der Waals surface area contributed by atoms with Gasteiger partial charge < -0.3 is 11.1 Å². The van der Waals surface area contributed by atoms with Crippen LogP contribution in [0.5, 0.6) is 0 Å². The molecule has 0 atom stereocenters. The maximum absolute atomic E-state index is 11.8. The summed E-state index contributed by atoms with van der Waals surface area (Å²) in [5, 5.41) is 4.80. The molecular formula is C11H10BrN3OS. The Balaban J connectivity index is 2.21. The third-order valence-electron chi connectivity index (χ3n) is 2.12. The fraction of sp³-hybridized carbons (Fsp3) is 0.0909. The molecule has 1 aromatic heterocycles. The Hall–Kier alpha value is -1.40. The number of carbonyl (C=O) groups is 1. The van der Waals surface area contributed by atoms with E-state index in [1.165, 1.54) is 11.3 Å². The number of halogens is 1. The highest BCUT2D eigenvalue weighted by Gasteiger charge is 2.11. The van der Waals surface area contributed by atoms with Crippen molar-refractivity contribution >= 4 is 44.0 Å². The smallest absolute Gasteiger partial charge is 0.275 e. The summed E-state index contributed by atoms with van der Waals surface area (Å²) in [5.41, 5.74) is 7.61. The monoisotopic (exact) mass is 311 g/mol. The van der Waals surface area contributed by atoms with E-state index in [1.54, 1.807) is 5.38 Å². The normalized spacial score (nSPS) is 10.2. The first-order valence-electron chi connectivity index (χ1n) is 4.85. The van der Waals surface area contributed by atoms with E-state index < -0.39 is 0 Å². The lowest BCUT2D eigenvalue weighted by Crippen LogP contribution is -2.12. The van der Waals surface area contributed by atoms with E-state index in [9.17, 15) is 4.79 Å². The molecule has 2 aromatic rings. The second-order valence-corrected chi connectivity index (χ2v) is 5.25. The first-order valence-corrected chi connectivity index (χ1v) is 6.52. The Morgan fingerprint density at radius 3 is 2.94 bits per heavy atom. The van der Waals surface area contributed by atoms with E-state index in [2.05, 4.69) is 26.2 Å². The zero-order valence-electron chi connectivity index (χ0n) is 9.03. The average Bonchev–Trinajstić information content (AvgIpc) is 2.70. The maximum atomic E-state index is 11.8. The van der Waals surface area contributed by atoms with Crippen molar-refractivity contribution in [1.29, 1.82) is 0 Å². The quantitative estimate of drug-likeness (QED) is 0.895. The van der Waals surface area contributed by atoms with Crippen LogP contribution in [-0.4, -0.2) is 10.9 Å². The van der Waals surface area contributed by atoms with Crippen molar-refractivity contribution in [3.63, 3.8) is 0 Å². The van der Waals surface area contributed by atoms with Gasteiger partial charge in [-0.25, -0.2) is 4.98 Å². The minimum atomic E-state index is -0.260. The summed E-state index contributed by atoms with van der Waals surface area (Å²) in [6.45, 7) is 1.96. The second kappa shape index (κ2) is 4.85. The molecule has 88 valence electrons. The highest BCUT2D eigenvalue weighted by Crippen LogP contribution is 2.24. The zero-order chi connectivity index (χ0) is 12.4. The van der Waals surface area contributed by atoms with E-state index >= 15 is 0 Å². The molecule has 2 rings (SSSR count). The summed E-state index contributed by atoms with van der Waals surface area (Å²) < 4.78 is 0.833. The first kappa shape index (κ1) is 12.1. The van der Waals surface area contributed by atoms with Crippen LogP contribution in [-0.2, 0) is 0 Å². The van der Waals surface area contributed by atoms with Gasteiger partial charge in [0.2, 0.25) is 0 Å². The zero-order valence-corrected chi connectivity index (χ0v) is 11.4. The molecule has 1 aromatic carbocycles. The van der Waals surface area contributed by atoms with Crippen LogP contribution in [0.1, 0.15) is 16.1 Å². The predicted octanol–water partition coefficient (Wildman–Crippen LogP) is 3.05.